The molecular weight excluding hydrogens is 364 g/mol. The number of hydrogen-bond donors (Lipinski definition) is 1. The van der Waals surface area contributed by atoms with Crippen LogP contribution >= 0.6 is 11.3 Å². The Morgan fingerprint density at radius 1 is 1.14 bits per heavy atom. The second-order valence-electron chi connectivity index (χ2n) is 7.96. The molecule has 0 spiro atoms. The Bertz CT molecular complexity index is 1120. The van der Waals surface area contributed by atoms with Crippen LogP contribution in [0.1, 0.15) is 30.5 Å². The molecule has 4 aromatic rings. The standard InChI is InChI=1S/C23H26N4S/c1-15-5-6-18-19(14-15)25-16(2)21-22(18)27(12-9-17-7-10-24-11-8-17)23(26-21)20-4-3-13-28-20/h3-6,13-14,17,24H,7-12H2,1-2H3. The van der Waals surface area contributed by atoms with Crippen LogP contribution in [0.15, 0.2) is 35.7 Å². The van der Waals surface area contributed by atoms with Crippen molar-refractivity contribution in [2.24, 2.45) is 5.92 Å². The largest absolute Gasteiger partial charge is 0.323 e. The second kappa shape index (κ2) is 7.30. The monoisotopic (exact) mass is 390 g/mol. The van der Waals surface area contributed by atoms with Crippen LogP contribution in [0.2, 0.25) is 0 Å². The Morgan fingerprint density at radius 3 is 2.79 bits per heavy atom. The van der Waals surface area contributed by atoms with Crippen LogP contribution in [0.25, 0.3) is 32.6 Å². The van der Waals surface area contributed by atoms with Crippen molar-refractivity contribution in [2.45, 2.75) is 39.7 Å². The molecule has 144 valence electrons. The maximum absolute atomic E-state index is 5.09. The van der Waals surface area contributed by atoms with Gasteiger partial charge < -0.3 is 9.88 Å². The van der Waals surface area contributed by atoms with Crippen molar-refractivity contribution in [1.82, 2.24) is 19.9 Å². The molecule has 1 aromatic carbocycles. The summed E-state index contributed by atoms with van der Waals surface area (Å²) in [5, 5.41) is 6.83. The predicted octanol–water partition coefficient (Wildman–Crippen LogP) is 5.32. The Hall–Kier alpha value is -2.24. The molecule has 1 aliphatic heterocycles. The second-order valence-corrected chi connectivity index (χ2v) is 8.91. The molecule has 1 saturated heterocycles. The summed E-state index contributed by atoms with van der Waals surface area (Å²) < 4.78 is 2.47. The van der Waals surface area contributed by atoms with Gasteiger partial charge >= 0.3 is 0 Å². The third kappa shape index (κ3) is 3.12. The van der Waals surface area contributed by atoms with Gasteiger partial charge in [0.25, 0.3) is 0 Å². The fraction of sp³-hybridized carbons (Fsp3) is 0.391. The molecule has 0 atom stereocenters. The first-order valence-electron chi connectivity index (χ1n) is 10.2. The Labute approximate surface area is 169 Å². The summed E-state index contributed by atoms with van der Waals surface area (Å²) in [5.41, 5.74) is 5.64. The summed E-state index contributed by atoms with van der Waals surface area (Å²) in [6, 6.07) is 10.9. The Balaban J connectivity index is 1.69. The molecule has 3 aromatic heterocycles. The molecule has 0 bridgehead atoms. The van der Waals surface area contributed by atoms with Crippen LogP contribution in [0, 0.1) is 19.8 Å². The minimum atomic E-state index is 0.798. The number of aromatic nitrogens is 3. The zero-order chi connectivity index (χ0) is 19.1. The van der Waals surface area contributed by atoms with E-state index in [4.69, 9.17) is 9.97 Å². The first-order chi connectivity index (χ1) is 13.7. The molecule has 28 heavy (non-hydrogen) atoms. The molecule has 0 amide bonds. The molecule has 1 N–H and O–H groups in total. The quantitative estimate of drug-likeness (QED) is 0.513. The van der Waals surface area contributed by atoms with Crippen molar-refractivity contribution in [3.63, 3.8) is 0 Å². The van der Waals surface area contributed by atoms with Gasteiger partial charge in [-0.25, -0.2) is 4.98 Å². The molecule has 5 rings (SSSR count). The smallest absolute Gasteiger partial charge is 0.151 e. The fourth-order valence-electron chi connectivity index (χ4n) is 4.44. The van der Waals surface area contributed by atoms with Gasteiger partial charge in [-0.2, -0.15) is 0 Å². The molecule has 0 aliphatic carbocycles. The van der Waals surface area contributed by atoms with E-state index in [9.17, 15) is 0 Å². The van der Waals surface area contributed by atoms with Gasteiger partial charge in [0, 0.05) is 11.9 Å². The van der Waals surface area contributed by atoms with Crippen LogP contribution in [-0.2, 0) is 6.54 Å². The number of rotatable bonds is 4. The van der Waals surface area contributed by atoms with Crippen molar-refractivity contribution in [3.05, 3.63) is 47.0 Å². The topological polar surface area (TPSA) is 42.7 Å². The number of nitrogens with zero attached hydrogens (tertiary/aromatic N) is 3. The zero-order valence-corrected chi connectivity index (χ0v) is 17.4. The van der Waals surface area contributed by atoms with Gasteiger partial charge in [-0.05, 0) is 75.2 Å². The lowest BCUT2D eigenvalue weighted by molar-refractivity contribution is 0.340. The van der Waals surface area contributed by atoms with Gasteiger partial charge in [0.05, 0.1) is 21.6 Å². The lowest BCUT2D eigenvalue weighted by Crippen LogP contribution is -2.28. The summed E-state index contributed by atoms with van der Waals surface area (Å²) in [7, 11) is 0. The minimum Gasteiger partial charge on any atom is -0.323 e. The third-order valence-corrected chi connectivity index (χ3v) is 6.83. The van der Waals surface area contributed by atoms with E-state index in [1.165, 1.54) is 40.6 Å². The van der Waals surface area contributed by atoms with E-state index in [-0.39, 0.29) is 0 Å². The molecule has 1 fully saturated rings. The van der Waals surface area contributed by atoms with E-state index >= 15 is 0 Å². The minimum absolute atomic E-state index is 0.798. The van der Waals surface area contributed by atoms with Gasteiger partial charge in [0.2, 0.25) is 0 Å². The highest BCUT2D eigenvalue weighted by molar-refractivity contribution is 7.13. The van der Waals surface area contributed by atoms with E-state index in [2.05, 4.69) is 59.4 Å². The van der Waals surface area contributed by atoms with Gasteiger partial charge in [-0.15, -0.1) is 11.3 Å². The van der Waals surface area contributed by atoms with Gasteiger partial charge in [0.15, 0.2) is 5.82 Å². The number of fused-ring (bicyclic) bond motifs is 3. The zero-order valence-electron chi connectivity index (χ0n) is 16.5. The molecule has 0 saturated carbocycles. The molecule has 4 heterocycles. The summed E-state index contributed by atoms with van der Waals surface area (Å²) in [6.07, 6.45) is 3.77. The normalized spacial score (nSPS) is 15.6. The molecule has 0 radical (unpaired) electrons. The SMILES string of the molecule is Cc1ccc2c(c1)nc(C)c1nc(-c3cccs3)n(CCC3CCNCC3)c12. The number of piperidine rings is 1. The van der Waals surface area contributed by atoms with Crippen molar-refractivity contribution in [3.8, 4) is 10.7 Å². The summed E-state index contributed by atoms with van der Waals surface area (Å²) in [6.45, 7) is 7.54. The highest BCUT2D eigenvalue weighted by atomic mass is 32.1. The summed E-state index contributed by atoms with van der Waals surface area (Å²) in [4.78, 5) is 11.2. The van der Waals surface area contributed by atoms with Gasteiger partial charge in [0.1, 0.15) is 5.52 Å². The van der Waals surface area contributed by atoms with Crippen LogP contribution in [0.4, 0.5) is 0 Å². The van der Waals surface area contributed by atoms with E-state index < -0.39 is 0 Å². The summed E-state index contributed by atoms with van der Waals surface area (Å²) >= 11 is 1.77. The van der Waals surface area contributed by atoms with Crippen molar-refractivity contribution in [2.75, 3.05) is 13.1 Å². The maximum Gasteiger partial charge on any atom is 0.151 e. The lowest BCUT2D eigenvalue weighted by Gasteiger charge is -2.23. The molecule has 0 unspecified atom stereocenters. The van der Waals surface area contributed by atoms with Crippen molar-refractivity contribution < 1.29 is 0 Å². The predicted molar refractivity (Wildman–Crippen MR) is 118 cm³/mol. The van der Waals surface area contributed by atoms with Crippen molar-refractivity contribution in [1.29, 1.82) is 0 Å². The van der Waals surface area contributed by atoms with Crippen molar-refractivity contribution >= 4 is 33.3 Å². The van der Waals surface area contributed by atoms with Gasteiger partial charge in [-0.1, -0.05) is 18.2 Å². The first kappa shape index (κ1) is 17.8. The van der Waals surface area contributed by atoms with E-state index in [1.54, 1.807) is 11.3 Å². The van der Waals surface area contributed by atoms with Crippen LogP contribution < -0.4 is 5.32 Å². The van der Waals surface area contributed by atoms with E-state index in [0.717, 1.165) is 48.1 Å². The van der Waals surface area contributed by atoms with E-state index in [1.807, 2.05) is 0 Å². The maximum atomic E-state index is 5.09. The van der Waals surface area contributed by atoms with E-state index in [0.29, 0.717) is 0 Å². The number of benzene rings is 1. The first-order valence-corrected chi connectivity index (χ1v) is 11.1. The number of thiophene rings is 1. The summed E-state index contributed by atoms with van der Waals surface area (Å²) in [5.74, 6) is 1.89. The van der Waals surface area contributed by atoms with Crippen LogP contribution in [0.3, 0.4) is 0 Å². The molecule has 4 nitrogen and oxygen atoms in total. The lowest BCUT2D eigenvalue weighted by atomic mass is 9.94. The average Bonchev–Trinajstić information content (AvgIpc) is 3.35. The number of nitrogens with one attached hydrogen (secondary N) is 1. The number of pyridine rings is 1. The number of hydrogen-bond acceptors (Lipinski definition) is 4. The van der Waals surface area contributed by atoms with Crippen LogP contribution in [0.5, 0.6) is 0 Å². The van der Waals surface area contributed by atoms with Gasteiger partial charge in [-0.3, -0.25) is 4.98 Å². The van der Waals surface area contributed by atoms with Crippen LogP contribution in [-0.4, -0.2) is 27.6 Å². The Morgan fingerprint density at radius 2 is 2.00 bits per heavy atom. The highest BCUT2D eigenvalue weighted by Crippen LogP contribution is 2.34. The fourth-order valence-corrected chi connectivity index (χ4v) is 5.16. The molecular formula is C23H26N4S. The molecule has 1 aliphatic rings. The number of imidazole rings is 1. The number of aryl methyl sites for hydroxylation is 3. The average molecular weight is 391 g/mol. The highest BCUT2D eigenvalue weighted by Gasteiger charge is 2.20. The molecule has 5 heteroatoms. The third-order valence-electron chi connectivity index (χ3n) is 5.97. The Kier molecular flexibility index (Phi) is 4.65.